The molecule has 2 N–H and O–H groups in total. The van der Waals surface area contributed by atoms with E-state index in [0.717, 1.165) is 4.90 Å². The molecule has 2 aliphatic rings. The number of piperidine rings is 1. The maximum absolute atomic E-state index is 12.8. The number of benzene rings is 1. The highest BCUT2D eigenvalue weighted by Crippen LogP contribution is 2.32. The maximum Gasteiger partial charge on any atom is 0.264 e. The summed E-state index contributed by atoms with van der Waals surface area (Å²) in [5, 5.41) is 5.27. The number of carbonyl (C=O) groups excluding carboxylic acids is 4. The van der Waals surface area contributed by atoms with Crippen LogP contribution in [0.1, 0.15) is 40.5 Å². The molecule has 0 radical (unpaired) electrons. The molecule has 0 saturated carbocycles. The van der Waals surface area contributed by atoms with Gasteiger partial charge in [0, 0.05) is 25.3 Å². The molecular weight excluding hydrogens is 326 g/mol. The molecule has 0 aromatic heterocycles. The Balaban J connectivity index is 1.84. The zero-order chi connectivity index (χ0) is 18.0. The van der Waals surface area contributed by atoms with Crippen molar-refractivity contribution >= 4 is 29.3 Å². The number of hydrogen-bond donors (Lipinski definition) is 2. The summed E-state index contributed by atoms with van der Waals surface area (Å²) < 4.78 is 5.25. The van der Waals surface area contributed by atoms with Gasteiger partial charge < -0.3 is 10.1 Å². The fourth-order valence-corrected chi connectivity index (χ4v) is 3.06. The van der Waals surface area contributed by atoms with E-state index in [2.05, 4.69) is 10.6 Å². The Bertz CT molecular complexity index is 746. The van der Waals surface area contributed by atoms with E-state index in [1.54, 1.807) is 18.2 Å². The monoisotopic (exact) mass is 345 g/mol. The van der Waals surface area contributed by atoms with E-state index in [4.69, 9.17) is 4.74 Å². The lowest BCUT2D eigenvalue weighted by atomic mass is 10.0. The summed E-state index contributed by atoms with van der Waals surface area (Å²) in [6.07, 6.45) is 0.243. The van der Waals surface area contributed by atoms with E-state index < -0.39 is 29.7 Å². The van der Waals surface area contributed by atoms with Gasteiger partial charge >= 0.3 is 0 Å². The van der Waals surface area contributed by atoms with Gasteiger partial charge in [0.1, 0.15) is 6.04 Å². The number of imide groups is 2. The van der Waals surface area contributed by atoms with Gasteiger partial charge in [-0.2, -0.15) is 0 Å². The van der Waals surface area contributed by atoms with Crippen molar-refractivity contribution in [1.29, 1.82) is 0 Å². The van der Waals surface area contributed by atoms with Crippen LogP contribution in [0, 0.1) is 0 Å². The number of nitrogens with zero attached hydrogens (tertiary/aromatic N) is 1. The molecule has 3 rings (SSSR count). The van der Waals surface area contributed by atoms with Crippen LogP contribution in [0.4, 0.5) is 5.69 Å². The molecule has 0 spiro atoms. The quantitative estimate of drug-likeness (QED) is 0.576. The second kappa shape index (κ2) is 7.02. The Morgan fingerprint density at radius 1 is 1.24 bits per heavy atom. The molecule has 1 aromatic carbocycles. The van der Waals surface area contributed by atoms with Gasteiger partial charge in [0.2, 0.25) is 11.8 Å². The first kappa shape index (κ1) is 17.1. The van der Waals surface area contributed by atoms with Crippen molar-refractivity contribution in [3.05, 3.63) is 29.3 Å². The third-order valence-electron chi connectivity index (χ3n) is 4.23. The van der Waals surface area contributed by atoms with Crippen molar-refractivity contribution in [2.45, 2.75) is 25.8 Å². The Morgan fingerprint density at radius 2 is 2.04 bits per heavy atom. The molecule has 8 heteroatoms. The molecule has 25 heavy (non-hydrogen) atoms. The third kappa shape index (κ3) is 3.12. The van der Waals surface area contributed by atoms with E-state index in [-0.39, 0.29) is 24.0 Å². The summed E-state index contributed by atoms with van der Waals surface area (Å²) >= 11 is 0. The van der Waals surface area contributed by atoms with Crippen LogP contribution in [-0.2, 0) is 14.3 Å². The van der Waals surface area contributed by atoms with Gasteiger partial charge in [-0.15, -0.1) is 0 Å². The molecule has 132 valence electrons. The maximum atomic E-state index is 12.8. The second-order valence-electron chi connectivity index (χ2n) is 5.80. The Hall–Kier alpha value is -2.74. The molecular formula is C17H19N3O5. The lowest BCUT2D eigenvalue weighted by molar-refractivity contribution is -0.136. The van der Waals surface area contributed by atoms with Crippen LogP contribution >= 0.6 is 0 Å². The van der Waals surface area contributed by atoms with E-state index in [0.29, 0.717) is 25.4 Å². The first-order chi connectivity index (χ1) is 12.0. The molecule has 1 saturated heterocycles. The summed E-state index contributed by atoms with van der Waals surface area (Å²) in [5.41, 5.74) is 1.05. The summed E-state index contributed by atoms with van der Waals surface area (Å²) in [6.45, 7) is 3.44. The SMILES string of the molecule is CCOCCNc1cccc2c1C(=O)N(C1CCC(=O)NC1=O)C2=O. The molecule has 0 aliphatic carbocycles. The number of nitrogens with one attached hydrogen (secondary N) is 2. The van der Waals surface area contributed by atoms with Crippen LogP contribution in [-0.4, -0.2) is 54.3 Å². The van der Waals surface area contributed by atoms with Crippen LogP contribution < -0.4 is 10.6 Å². The molecule has 1 fully saturated rings. The topological polar surface area (TPSA) is 105 Å². The van der Waals surface area contributed by atoms with Crippen LogP contribution in [0.5, 0.6) is 0 Å². The molecule has 0 bridgehead atoms. The minimum Gasteiger partial charge on any atom is -0.382 e. The third-order valence-corrected chi connectivity index (χ3v) is 4.23. The average molecular weight is 345 g/mol. The second-order valence-corrected chi connectivity index (χ2v) is 5.80. The van der Waals surface area contributed by atoms with E-state index >= 15 is 0 Å². The van der Waals surface area contributed by atoms with Gasteiger partial charge in [0.15, 0.2) is 0 Å². The highest BCUT2D eigenvalue weighted by atomic mass is 16.5. The van der Waals surface area contributed by atoms with Crippen LogP contribution in [0.2, 0.25) is 0 Å². The number of rotatable bonds is 6. The summed E-state index contributed by atoms with van der Waals surface area (Å²) in [6, 6.07) is 4.00. The van der Waals surface area contributed by atoms with E-state index in [1.807, 2.05) is 6.92 Å². The highest BCUT2D eigenvalue weighted by molar-refractivity contribution is 6.25. The summed E-state index contributed by atoms with van der Waals surface area (Å²) in [5.74, 6) is -2.04. The van der Waals surface area contributed by atoms with Gasteiger partial charge in [-0.25, -0.2) is 0 Å². The number of ether oxygens (including phenoxy) is 1. The Kier molecular flexibility index (Phi) is 4.80. The fourth-order valence-electron chi connectivity index (χ4n) is 3.06. The van der Waals surface area contributed by atoms with Crippen LogP contribution in [0.15, 0.2) is 18.2 Å². The molecule has 4 amide bonds. The van der Waals surface area contributed by atoms with Crippen LogP contribution in [0.3, 0.4) is 0 Å². The molecule has 8 nitrogen and oxygen atoms in total. The summed E-state index contributed by atoms with van der Waals surface area (Å²) in [4.78, 5) is 49.8. The van der Waals surface area contributed by atoms with Gasteiger partial charge in [0.25, 0.3) is 11.8 Å². The minimum atomic E-state index is -0.957. The first-order valence-electron chi connectivity index (χ1n) is 8.20. The average Bonchev–Trinajstić information content (AvgIpc) is 2.84. The zero-order valence-electron chi connectivity index (χ0n) is 13.8. The van der Waals surface area contributed by atoms with Gasteiger partial charge in [0.05, 0.1) is 17.7 Å². The molecule has 2 aliphatic heterocycles. The predicted molar refractivity (Wildman–Crippen MR) is 88.1 cm³/mol. The van der Waals surface area contributed by atoms with Crippen molar-refractivity contribution in [2.24, 2.45) is 0 Å². The van der Waals surface area contributed by atoms with Gasteiger partial charge in [-0.1, -0.05) is 6.07 Å². The normalized spacial score (nSPS) is 19.9. The standard InChI is InChI=1S/C17H19N3O5/c1-2-25-9-8-18-11-5-3-4-10-14(11)17(24)20(16(10)23)12-6-7-13(21)19-15(12)22/h3-5,12,18H,2,6-9H2,1H3,(H,19,21,22). The Labute approximate surface area is 144 Å². The largest absolute Gasteiger partial charge is 0.382 e. The number of carbonyl (C=O) groups is 4. The van der Waals surface area contributed by atoms with Crippen molar-refractivity contribution in [3.8, 4) is 0 Å². The van der Waals surface area contributed by atoms with Crippen LogP contribution in [0.25, 0.3) is 0 Å². The van der Waals surface area contributed by atoms with E-state index in [9.17, 15) is 19.2 Å². The first-order valence-corrected chi connectivity index (χ1v) is 8.20. The number of amides is 4. The highest BCUT2D eigenvalue weighted by Gasteiger charge is 2.45. The van der Waals surface area contributed by atoms with Crippen molar-refractivity contribution < 1.29 is 23.9 Å². The molecule has 2 heterocycles. The lowest BCUT2D eigenvalue weighted by Gasteiger charge is -2.27. The Morgan fingerprint density at radius 3 is 2.76 bits per heavy atom. The minimum absolute atomic E-state index is 0.100. The number of hydrogen-bond acceptors (Lipinski definition) is 6. The van der Waals surface area contributed by atoms with Gasteiger partial charge in [-0.05, 0) is 25.5 Å². The fraction of sp³-hybridized carbons (Fsp3) is 0.412. The number of fused-ring (bicyclic) bond motifs is 1. The predicted octanol–water partition coefficient (Wildman–Crippen LogP) is 0.536. The number of anilines is 1. The van der Waals surface area contributed by atoms with Crippen molar-refractivity contribution in [2.75, 3.05) is 25.1 Å². The molecule has 1 unspecified atom stereocenters. The van der Waals surface area contributed by atoms with Crippen molar-refractivity contribution in [3.63, 3.8) is 0 Å². The zero-order valence-corrected chi connectivity index (χ0v) is 13.8. The molecule has 1 aromatic rings. The molecule has 1 atom stereocenters. The smallest absolute Gasteiger partial charge is 0.264 e. The van der Waals surface area contributed by atoms with Crippen molar-refractivity contribution in [1.82, 2.24) is 10.2 Å². The lowest BCUT2D eigenvalue weighted by Crippen LogP contribution is -2.54. The van der Waals surface area contributed by atoms with E-state index in [1.165, 1.54) is 0 Å². The summed E-state index contributed by atoms with van der Waals surface area (Å²) in [7, 11) is 0. The van der Waals surface area contributed by atoms with Gasteiger partial charge in [-0.3, -0.25) is 29.4 Å².